The Morgan fingerprint density at radius 3 is 2.14 bits per heavy atom. The molecule has 0 radical (unpaired) electrons. The lowest BCUT2D eigenvalue weighted by molar-refractivity contribution is -0.381. The van der Waals surface area contributed by atoms with E-state index >= 15 is 4.79 Å². The highest BCUT2D eigenvalue weighted by atomic mass is 16.6. The number of hydrogen-bond acceptors (Lipinski definition) is 12. The van der Waals surface area contributed by atoms with Crippen molar-refractivity contribution in [1.82, 2.24) is 0 Å². The van der Waals surface area contributed by atoms with Crippen molar-refractivity contribution in [3.8, 4) is 0 Å². The fraction of sp³-hybridized carbons (Fsp3) is 0.591. The van der Waals surface area contributed by atoms with Gasteiger partial charge in [-0.15, -0.1) is 13.2 Å². The van der Waals surface area contributed by atoms with E-state index in [1.54, 1.807) is 65.0 Å². The summed E-state index contributed by atoms with van der Waals surface area (Å²) in [5.41, 5.74) is -6.35. The number of rotatable bonds is 10. The topological polar surface area (TPSA) is 164 Å². The molecule has 1 aliphatic heterocycles. The van der Waals surface area contributed by atoms with Gasteiger partial charge in [0.1, 0.15) is 30.0 Å². The van der Waals surface area contributed by atoms with E-state index in [1.807, 2.05) is 26.0 Å². The molecule has 12 nitrogen and oxygen atoms in total. The molecule has 12 heteroatoms. The number of ether oxygens (including phenoxy) is 6. The minimum absolute atomic E-state index is 0.0169. The van der Waals surface area contributed by atoms with Gasteiger partial charge in [-0.05, 0) is 50.0 Å². The second-order valence-electron chi connectivity index (χ2n) is 15.8. The summed E-state index contributed by atoms with van der Waals surface area (Å²) < 4.78 is 37.3. The van der Waals surface area contributed by atoms with E-state index in [0.29, 0.717) is 11.1 Å². The molecule has 3 unspecified atom stereocenters. The molecule has 3 aliphatic carbocycles. The van der Waals surface area contributed by atoms with Gasteiger partial charge in [0.2, 0.25) is 0 Å². The van der Waals surface area contributed by atoms with Crippen LogP contribution in [-0.2, 0) is 42.8 Å². The fourth-order valence-electron chi connectivity index (χ4n) is 9.72. The van der Waals surface area contributed by atoms with Crippen LogP contribution in [0.1, 0.15) is 85.0 Å². The zero-order valence-electron chi connectivity index (χ0n) is 34.9. The average Bonchev–Trinajstić information content (AvgIpc) is 3.16. The third kappa shape index (κ3) is 7.12. The first kappa shape index (κ1) is 46.4. The molecule has 2 saturated carbocycles. The summed E-state index contributed by atoms with van der Waals surface area (Å²) in [5.74, 6) is -2.58. The molecule has 3 fully saturated rings. The normalized spacial score (nSPS) is 34.6. The molecular weight excluding hydrogens is 720 g/mol. The van der Waals surface area contributed by atoms with Crippen LogP contribution in [0.25, 0.3) is 0 Å². The number of carbonyl (C=O) groups excluding carboxylic acids is 4. The third-order valence-electron chi connectivity index (χ3n) is 13.0. The van der Waals surface area contributed by atoms with Gasteiger partial charge in [0.25, 0.3) is 0 Å². The van der Waals surface area contributed by atoms with E-state index in [1.165, 1.54) is 21.1 Å². The maximum atomic E-state index is 15.5. The van der Waals surface area contributed by atoms with Gasteiger partial charge in [-0.25, -0.2) is 4.79 Å². The number of ketones is 1. The number of benzene rings is 1. The molecule has 2 bridgehead atoms. The summed E-state index contributed by atoms with van der Waals surface area (Å²) in [4.78, 5) is 56.5. The summed E-state index contributed by atoms with van der Waals surface area (Å²) in [6, 6.07) is 8.32. The monoisotopic (exact) mass is 782 g/mol. The molecule has 1 saturated heterocycles. The number of allylic oxidation sites excluding steroid dienone is 3. The van der Waals surface area contributed by atoms with E-state index in [2.05, 4.69) is 19.7 Å². The molecule has 0 aromatic heterocycles. The third-order valence-corrected chi connectivity index (χ3v) is 13.0. The summed E-state index contributed by atoms with van der Waals surface area (Å²) >= 11 is 0. The average molecular weight is 783 g/mol. The number of carbonyl (C=O) groups is 4. The van der Waals surface area contributed by atoms with Crippen LogP contribution in [0, 0.1) is 22.2 Å². The molecule has 5 rings (SSSR count). The number of fused-ring (bicyclic) bond motifs is 5. The number of esters is 3. The molecule has 4 aliphatic rings. The number of Topliss-reactive ketones (excluding diaryl/α,β-unsaturated/α-hetero) is 1. The summed E-state index contributed by atoms with van der Waals surface area (Å²) in [6.45, 7) is 23.7. The van der Waals surface area contributed by atoms with Crippen molar-refractivity contribution in [3.05, 3.63) is 84.5 Å². The van der Waals surface area contributed by atoms with Crippen molar-refractivity contribution in [2.75, 3.05) is 27.9 Å². The van der Waals surface area contributed by atoms with Crippen molar-refractivity contribution in [2.45, 2.75) is 116 Å². The van der Waals surface area contributed by atoms with Gasteiger partial charge in [-0.3, -0.25) is 14.4 Å². The van der Waals surface area contributed by atoms with Gasteiger partial charge >= 0.3 is 17.9 Å². The van der Waals surface area contributed by atoms with Crippen LogP contribution in [0.4, 0.5) is 0 Å². The second kappa shape index (κ2) is 17.7. The predicted molar refractivity (Wildman–Crippen MR) is 210 cm³/mol. The molecule has 1 heterocycles. The molecule has 1 aromatic rings. The van der Waals surface area contributed by atoms with Gasteiger partial charge < -0.3 is 38.6 Å². The zero-order valence-corrected chi connectivity index (χ0v) is 34.9. The van der Waals surface area contributed by atoms with E-state index in [9.17, 15) is 19.5 Å². The highest BCUT2D eigenvalue weighted by Gasteiger charge is 2.84. The molecule has 1 aromatic carbocycles. The van der Waals surface area contributed by atoms with E-state index < -0.39 is 81.7 Å². The first-order valence-corrected chi connectivity index (χ1v) is 18.9. The van der Waals surface area contributed by atoms with Gasteiger partial charge in [0, 0.05) is 46.5 Å². The maximum Gasteiger partial charge on any atom is 0.338 e. The highest BCUT2D eigenvalue weighted by Crippen LogP contribution is 2.70. The lowest BCUT2D eigenvalue weighted by Crippen LogP contribution is -2.86. The van der Waals surface area contributed by atoms with Crippen molar-refractivity contribution >= 4 is 23.7 Å². The Morgan fingerprint density at radius 2 is 1.64 bits per heavy atom. The predicted octanol–water partition coefficient (Wildman–Crippen LogP) is 5.90. The molecule has 56 heavy (non-hydrogen) atoms. The molecule has 0 amide bonds. The quantitative estimate of drug-likeness (QED) is 0.125. The van der Waals surface area contributed by atoms with E-state index in [-0.39, 0.29) is 37.4 Å². The SMILES string of the molecule is C=C.C=C(/C=C\C)C(C)CC(=O)O[C@H]1C[C@@]2(O)[C@@H](OC(=O)c3ccccc3)[C@]3(C)[C@]4(OC(C)=O)CO[C@@H]4CC(OC)[C@@]3(C)C(=O)C(OC)C(=C1C)C2(C)C.CO. The molecule has 310 valence electrons. The van der Waals surface area contributed by atoms with Gasteiger partial charge in [0.15, 0.2) is 11.4 Å². The Labute approximate surface area is 331 Å². The summed E-state index contributed by atoms with van der Waals surface area (Å²) in [5, 5.41) is 20.7. The van der Waals surface area contributed by atoms with Gasteiger partial charge in [-0.2, -0.15) is 0 Å². The maximum absolute atomic E-state index is 15.5. The standard InChI is InChI=1S/C41H54O11.C2H4.CH4O/c1-12-16-23(2)24(3)19-31(43)50-28-21-40(46)36(51-35(45)27-17-14-13-15-18-27)39(9)38(8,34(44)33(48-11)32(25(28)4)37(40,6)7)29(47-10)20-30-41(39,22-49-30)52-26(5)42;2*1-2/h12-18,24,28-30,33,36,46H,2,19-22H2,1,3-11H3;1-2H2;2H,1H3/b16-12-;;/t24?,28-,29?,30+,33?,36-,38-,39-,40+,41-;;/m0../s1. The Morgan fingerprint density at radius 1 is 1.04 bits per heavy atom. The first-order chi connectivity index (χ1) is 26.3. The number of methoxy groups -OCH3 is 2. The minimum atomic E-state index is -2.06. The Balaban J connectivity index is 0.00000204. The van der Waals surface area contributed by atoms with Crippen LogP contribution < -0.4 is 0 Å². The van der Waals surface area contributed by atoms with Crippen LogP contribution in [0.3, 0.4) is 0 Å². The number of aliphatic hydroxyl groups is 2. The highest BCUT2D eigenvalue weighted by molar-refractivity contribution is 5.95. The minimum Gasteiger partial charge on any atom is -0.458 e. The van der Waals surface area contributed by atoms with E-state index in [0.717, 1.165) is 12.7 Å². The summed E-state index contributed by atoms with van der Waals surface area (Å²) in [7, 11) is 3.90. The lowest BCUT2D eigenvalue weighted by Gasteiger charge is -2.72. The second-order valence-corrected chi connectivity index (χ2v) is 15.8. The van der Waals surface area contributed by atoms with Gasteiger partial charge in [0.05, 0.1) is 35.5 Å². The van der Waals surface area contributed by atoms with Crippen LogP contribution in [0.15, 0.2) is 78.9 Å². The Kier molecular flexibility index (Phi) is 14.7. The zero-order chi connectivity index (χ0) is 42.6. The molecule has 10 atom stereocenters. The molecule has 2 N–H and O–H groups in total. The van der Waals surface area contributed by atoms with Crippen molar-refractivity contribution in [1.29, 1.82) is 0 Å². The Hall–Kier alpha value is -3.94. The van der Waals surface area contributed by atoms with Crippen LogP contribution in [0.5, 0.6) is 0 Å². The largest absolute Gasteiger partial charge is 0.458 e. The van der Waals surface area contributed by atoms with Crippen LogP contribution >= 0.6 is 0 Å². The van der Waals surface area contributed by atoms with Crippen molar-refractivity contribution in [3.63, 3.8) is 0 Å². The van der Waals surface area contributed by atoms with Crippen LogP contribution in [0.2, 0.25) is 0 Å². The van der Waals surface area contributed by atoms with Crippen molar-refractivity contribution in [2.24, 2.45) is 22.2 Å². The van der Waals surface area contributed by atoms with Crippen LogP contribution in [-0.4, -0.2) is 104 Å². The van der Waals surface area contributed by atoms with Gasteiger partial charge in [-0.1, -0.05) is 70.2 Å². The smallest absolute Gasteiger partial charge is 0.338 e. The molecular formula is C44H62O12. The van der Waals surface area contributed by atoms with Crippen molar-refractivity contribution < 1.29 is 57.8 Å². The van der Waals surface area contributed by atoms with E-state index in [4.69, 9.17) is 33.5 Å². The number of hydrogen-bond donors (Lipinski definition) is 2. The first-order valence-electron chi connectivity index (χ1n) is 18.9. The number of aliphatic hydroxyl groups excluding tert-OH is 1. The fourth-order valence-corrected chi connectivity index (χ4v) is 9.72. The summed E-state index contributed by atoms with van der Waals surface area (Å²) in [6.07, 6.45) is -1.81. The Bertz CT molecular complexity index is 1700. The lowest BCUT2D eigenvalue weighted by atomic mass is 9.38. The molecule has 0 spiro atoms.